The fourth-order valence-corrected chi connectivity index (χ4v) is 2.09. The van der Waals surface area contributed by atoms with Gasteiger partial charge in [0, 0.05) is 19.8 Å². The monoisotopic (exact) mass is 315 g/mol. The Balaban J connectivity index is 1.64. The predicted octanol–water partition coefficient (Wildman–Crippen LogP) is 2.28. The molecule has 3 aromatic heterocycles. The number of aryl methyl sites for hydroxylation is 1. The van der Waals surface area contributed by atoms with Crippen LogP contribution in [-0.4, -0.2) is 40.1 Å². The molecule has 8 heteroatoms. The van der Waals surface area contributed by atoms with Crippen LogP contribution in [-0.2, 0) is 6.54 Å². The zero-order valence-corrected chi connectivity index (χ0v) is 13.1. The van der Waals surface area contributed by atoms with E-state index in [2.05, 4.69) is 20.5 Å². The van der Waals surface area contributed by atoms with Gasteiger partial charge in [0.1, 0.15) is 11.5 Å². The summed E-state index contributed by atoms with van der Waals surface area (Å²) in [5.74, 6) is 1.04. The molecule has 0 saturated carbocycles. The minimum absolute atomic E-state index is 0.0771. The van der Waals surface area contributed by atoms with Crippen LogP contribution in [0.5, 0.6) is 0 Å². The van der Waals surface area contributed by atoms with E-state index in [9.17, 15) is 4.79 Å². The number of carbonyl (C=O) groups excluding carboxylic acids is 1. The normalized spacial score (nSPS) is 10.7. The molecular formula is C15H17N5O3. The van der Waals surface area contributed by atoms with E-state index in [1.807, 2.05) is 13.0 Å². The van der Waals surface area contributed by atoms with E-state index >= 15 is 0 Å². The quantitative estimate of drug-likeness (QED) is 0.749. The minimum atomic E-state index is -0.0771. The van der Waals surface area contributed by atoms with Crippen LogP contribution in [0.25, 0.3) is 11.5 Å². The number of hydrogen-bond donors (Lipinski definition) is 2. The molecule has 0 aliphatic rings. The Morgan fingerprint density at radius 2 is 2.13 bits per heavy atom. The highest BCUT2D eigenvalue weighted by molar-refractivity contribution is 5.92. The highest BCUT2D eigenvalue weighted by atomic mass is 16.4. The second kappa shape index (κ2) is 5.99. The maximum Gasteiger partial charge on any atom is 0.316 e. The van der Waals surface area contributed by atoms with Crippen molar-refractivity contribution < 1.29 is 13.6 Å². The Kier molecular flexibility index (Phi) is 3.88. The molecule has 0 aliphatic heterocycles. The molecule has 1 amide bonds. The summed E-state index contributed by atoms with van der Waals surface area (Å²) < 4.78 is 10.8. The molecule has 0 fully saturated rings. The van der Waals surface area contributed by atoms with Crippen LogP contribution in [0.2, 0.25) is 0 Å². The lowest BCUT2D eigenvalue weighted by atomic mass is 10.3. The van der Waals surface area contributed by atoms with Crippen LogP contribution >= 0.6 is 0 Å². The molecule has 0 atom stereocenters. The molecule has 0 aromatic carbocycles. The van der Waals surface area contributed by atoms with Gasteiger partial charge in [-0.2, -0.15) is 0 Å². The van der Waals surface area contributed by atoms with Crippen molar-refractivity contribution in [2.24, 2.45) is 0 Å². The average molecular weight is 315 g/mol. The van der Waals surface area contributed by atoms with Crippen LogP contribution in [0.1, 0.15) is 21.9 Å². The van der Waals surface area contributed by atoms with Crippen molar-refractivity contribution in [2.75, 3.05) is 19.4 Å². The molecule has 0 radical (unpaired) electrons. The number of aromatic nitrogens is 3. The first-order valence-corrected chi connectivity index (χ1v) is 7.06. The first-order chi connectivity index (χ1) is 11.0. The number of hydrogen-bond acceptors (Lipinski definition) is 6. The van der Waals surface area contributed by atoms with E-state index in [1.54, 1.807) is 32.5 Å². The first-order valence-electron chi connectivity index (χ1n) is 7.06. The number of rotatable bonds is 5. The van der Waals surface area contributed by atoms with E-state index < -0.39 is 0 Å². The number of furan rings is 1. The predicted molar refractivity (Wildman–Crippen MR) is 82.9 cm³/mol. The fraction of sp³-hybridized carbons (Fsp3) is 0.267. The van der Waals surface area contributed by atoms with Crippen molar-refractivity contribution in [3.05, 3.63) is 41.6 Å². The number of anilines is 1. The number of nitrogens with zero attached hydrogens (tertiary/aromatic N) is 3. The smallest absolute Gasteiger partial charge is 0.316 e. The fourth-order valence-electron chi connectivity index (χ4n) is 2.09. The third-order valence-corrected chi connectivity index (χ3v) is 3.33. The van der Waals surface area contributed by atoms with Gasteiger partial charge in [0.05, 0.1) is 18.4 Å². The summed E-state index contributed by atoms with van der Waals surface area (Å²) >= 11 is 0. The Bertz CT molecular complexity index is 815. The van der Waals surface area contributed by atoms with Gasteiger partial charge >= 0.3 is 6.01 Å². The molecule has 0 unspecified atom stereocenters. The zero-order valence-electron chi connectivity index (χ0n) is 13.1. The Labute approximate surface area is 132 Å². The maximum absolute atomic E-state index is 11.8. The summed E-state index contributed by atoms with van der Waals surface area (Å²) in [5.41, 5.74) is 2.14. The standard InChI is InChI=1S/C15H17N5O3/c1-9-11(6-7-22-9)13-18-19-15(23-13)16-8-10-4-5-12(17-10)14(21)20(2)3/h4-7,17H,8H2,1-3H3,(H,16,19). The SMILES string of the molecule is Cc1occc1-c1nnc(NCc2ccc(C(=O)N(C)C)[nH]2)o1. The Morgan fingerprint density at radius 1 is 1.30 bits per heavy atom. The third-order valence-electron chi connectivity index (χ3n) is 3.33. The molecule has 120 valence electrons. The molecule has 0 spiro atoms. The molecule has 0 aliphatic carbocycles. The minimum Gasteiger partial charge on any atom is -0.469 e. The van der Waals surface area contributed by atoms with Gasteiger partial charge in [-0.05, 0) is 25.1 Å². The van der Waals surface area contributed by atoms with E-state index in [0.29, 0.717) is 24.1 Å². The van der Waals surface area contributed by atoms with Gasteiger partial charge in [-0.25, -0.2) is 0 Å². The second-order valence-electron chi connectivity index (χ2n) is 5.25. The summed E-state index contributed by atoms with van der Waals surface area (Å²) in [4.78, 5) is 16.4. The van der Waals surface area contributed by atoms with Crippen molar-refractivity contribution in [3.63, 3.8) is 0 Å². The molecule has 0 bridgehead atoms. The average Bonchev–Trinajstić information content (AvgIpc) is 3.24. The number of H-pyrrole nitrogens is 1. The summed E-state index contributed by atoms with van der Waals surface area (Å²) in [7, 11) is 3.41. The van der Waals surface area contributed by atoms with Gasteiger partial charge in [0.2, 0.25) is 0 Å². The summed E-state index contributed by atoms with van der Waals surface area (Å²) in [5, 5.41) is 10.9. The van der Waals surface area contributed by atoms with Crippen LogP contribution in [0.15, 0.2) is 33.3 Å². The van der Waals surface area contributed by atoms with Gasteiger partial charge in [0.25, 0.3) is 11.8 Å². The molecule has 0 saturated heterocycles. The van der Waals surface area contributed by atoms with Gasteiger partial charge in [-0.15, -0.1) is 5.10 Å². The maximum atomic E-state index is 11.8. The molecule has 8 nitrogen and oxygen atoms in total. The van der Waals surface area contributed by atoms with Gasteiger partial charge < -0.3 is 24.0 Å². The molecule has 23 heavy (non-hydrogen) atoms. The lowest BCUT2D eigenvalue weighted by Crippen LogP contribution is -2.22. The lowest BCUT2D eigenvalue weighted by Gasteiger charge is -2.07. The number of aromatic amines is 1. The largest absolute Gasteiger partial charge is 0.469 e. The summed E-state index contributed by atoms with van der Waals surface area (Å²) in [6.07, 6.45) is 1.57. The van der Waals surface area contributed by atoms with Crippen molar-refractivity contribution >= 4 is 11.9 Å². The van der Waals surface area contributed by atoms with E-state index in [4.69, 9.17) is 8.83 Å². The third kappa shape index (κ3) is 3.10. The summed E-state index contributed by atoms with van der Waals surface area (Å²) in [6, 6.07) is 5.65. The van der Waals surface area contributed by atoms with Gasteiger partial charge in [-0.1, -0.05) is 5.10 Å². The van der Waals surface area contributed by atoms with Crippen molar-refractivity contribution in [1.82, 2.24) is 20.1 Å². The molecule has 3 aromatic rings. The van der Waals surface area contributed by atoms with Gasteiger partial charge in [-0.3, -0.25) is 4.79 Å². The molecule has 3 heterocycles. The van der Waals surface area contributed by atoms with Crippen LogP contribution in [0.4, 0.5) is 6.01 Å². The highest BCUT2D eigenvalue weighted by Gasteiger charge is 2.13. The molecule has 2 N–H and O–H groups in total. The molecular weight excluding hydrogens is 298 g/mol. The Morgan fingerprint density at radius 3 is 2.83 bits per heavy atom. The van der Waals surface area contributed by atoms with Crippen LogP contribution < -0.4 is 5.32 Å². The van der Waals surface area contributed by atoms with E-state index in [-0.39, 0.29) is 5.91 Å². The highest BCUT2D eigenvalue weighted by Crippen LogP contribution is 2.24. The van der Waals surface area contributed by atoms with Crippen molar-refractivity contribution in [1.29, 1.82) is 0 Å². The lowest BCUT2D eigenvalue weighted by molar-refractivity contribution is 0.0822. The van der Waals surface area contributed by atoms with E-state index in [0.717, 1.165) is 17.0 Å². The zero-order chi connectivity index (χ0) is 16.4. The number of nitrogens with one attached hydrogen (secondary N) is 2. The van der Waals surface area contributed by atoms with Crippen LogP contribution in [0, 0.1) is 6.92 Å². The number of amides is 1. The van der Waals surface area contributed by atoms with Gasteiger partial charge in [0.15, 0.2) is 0 Å². The summed E-state index contributed by atoms with van der Waals surface area (Å²) in [6.45, 7) is 2.27. The molecule has 3 rings (SSSR count). The van der Waals surface area contributed by atoms with Crippen molar-refractivity contribution in [3.8, 4) is 11.5 Å². The van der Waals surface area contributed by atoms with E-state index in [1.165, 1.54) is 4.90 Å². The Hall–Kier alpha value is -3.03. The first kappa shape index (κ1) is 14.9. The van der Waals surface area contributed by atoms with Crippen LogP contribution in [0.3, 0.4) is 0 Å². The number of carbonyl (C=O) groups is 1. The topological polar surface area (TPSA) is 100 Å². The van der Waals surface area contributed by atoms with Crippen molar-refractivity contribution in [2.45, 2.75) is 13.5 Å². The second-order valence-corrected chi connectivity index (χ2v) is 5.25.